The van der Waals surface area contributed by atoms with Gasteiger partial charge >= 0.3 is 5.97 Å². The Morgan fingerprint density at radius 2 is 2.12 bits per heavy atom. The first-order valence-electron chi connectivity index (χ1n) is 5.54. The highest BCUT2D eigenvalue weighted by Gasteiger charge is 2.12. The molecule has 0 saturated heterocycles. The summed E-state index contributed by atoms with van der Waals surface area (Å²) in [6.07, 6.45) is 5.61. The lowest BCUT2D eigenvalue weighted by atomic mass is 10.1. The molecular weight excluding hydrogens is 214 g/mol. The van der Waals surface area contributed by atoms with Crippen molar-refractivity contribution in [2.45, 2.75) is 6.54 Å². The molecule has 0 fully saturated rings. The molecule has 1 aliphatic rings. The van der Waals surface area contributed by atoms with Crippen molar-refractivity contribution in [2.75, 3.05) is 13.7 Å². The fraction of sp³-hybridized carbons (Fsp3) is 0.214. The van der Waals surface area contributed by atoms with Gasteiger partial charge < -0.3 is 9.64 Å². The second-order valence-electron chi connectivity index (χ2n) is 3.89. The maximum Gasteiger partial charge on any atom is 0.339 e. The monoisotopic (exact) mass is 229 g/mol. The van der Waals surface area contributed by atoms with Crippen LogP contribution in [0.5, 0.6) is 0 Å². The van der Waals surface area contributed by atoms with Crippen LogP contribution in [0.1, 0.15) is 5.56 Å². The molecule has 3 heteroatoms. The van der Waals surface area contributed by atoms with Gasteiger partial charge in [0, 0.05) is 19.3 Å². The average molecular weight is 229 g/mol. The molecule has 1 aliphatic heterocycles. The molecule has 1 aromatic rings. The van der Waals surface area contributed by atoms with Crippen LogP contribution >= 0.6 is 0 Å². The summed E-state index contributed by atoms with van der Waals surface area (Å²) >= 11 is 0. The number of carbonyl (C=O) groups is 1. The minimum atomic E-state index is -0.293. The Hall–Kier alpha value is -2.03. The predicted molar refractivity (Wildman–Crippen MR) is 66.1 cm³/mol. The van der Waals surface area contributed by atoms with E-state index in [1.807, 2.05) is 30.5 Å². The zero-order chi connectivity index (χ0) is 12.1. The lowest BCUT2D eigenvalue weighted by molar-refractivity contribution is -0.135. The van der Waals surface area contributed by atoms with Crippen molar-refractivity contribution in [3.63, 3.8) is 0 Å². The normalized spacial score (nSPS) is 14.4. The van der Waals surface area contributed by atoms with E-state index < -0.39 is 0 Å². The van der Waals surface area contributed by atoms with Gasteiger partial charge in [0.1, 0.15) is 0 Å². The summed E-state index contributed by atoms with van der Waals surface area (Å²) in [6, 6.07) is 10.2. The predicted octanol–water partition coefficient (Wildman–Crippen LogP) is 2.12. The molecule has 0 radical (unpaired) electrons. The van der Waals surface area contributed by atoms with Gasteiger partial charge in [-0.05, 0) is 11.6 Å². The SMILES string of the molecule is COC(=O)C1=CN(Cc2ccccc2)CC=C1. The Balaban J connectivity index is 2.06. The van der Waals surface area contributed by atoms with E-state index in [0.717, 1.165) is 13.1 Å². The number of methoxy groups -OCH3 is 1. The highest BCUT2D eigenvalue weighted by molar-refractivity contribution is 5.91. The number of hydrogen-bond donors (Lipinski definition) is 0. The Labute approximate surface area is 101 Å². The van der Waals surface area contributed by atoms with E-state index in [0.29, 0.717) is 5.57 Å². The molecule has 0 saturated carbocycles. The van der Waals surface area contributed by atoms with E-state index in [1.165, 1.54) is 12.7 Å². The summed E-state index contributed by atoms with van der Waals surface area (Å²) in [6.45, 7) is 1.61. The van der Waals surface area contributed by atoms with Crippen molar-refractivity contribution >= 4 is 5.97 Å². The van der Waals surface area contributed by atoms with Gasteiger partial charge in [-0.3, -0.25) is 0 Å². The van der Waals surface area contributed by atoms with Crippen LogP contribution in [0.2, 0.25) is 0 Å². The van der Waals surface area contributed by atoms with Crippen molar-refractivity contribution in [3.05, 3.63) is 59.8 Å². The van der Waals surface area contributed by atoms with Crippen molar-refractivity contribution in [2.24, 2.45) is 0 Å². The molecular formula is C14H15NO2. The van der Waals surface area contributed by atoms with E-state index in [-0.39, 0.29) is 5.97 Å². The summed E-state index contributed by atoms with van der Waals surface area (Å²) < 4.78 is 4.70. The topological polar surface area (TPSA) is 29.5 Å². The first kappa shape index (κ1) is 11.5. The standard InChI is InChI=1S/C14H15NO2/c1-17-14(16)13-8-5-9-15(11-13)10-12-6-3-2-4-7-12/h2-8,11H,9-10H2,1H3. The Morgan fingerprint density at radius 3 is 2.82 bits per heavy atom. The van der Waals surface area contributed by atoms with Crippen LogP contribution < -0.4 is 0 Å². The third kappa shape index (κ3) is 2.97. The van der Waals surface area contributed by atoms with Gasteiger partial charge in [0.05, 0.1) is 12.7 Å². The number of esters is 1. The van der Waals surface area contributed by atoms with Crippen LogP contribution in [0.15, 0.2) is 54.3 Å². The van der Waals surface area contributed by atoms with Crippen molar-refractivity contribution in [1.82, 2.24) is 4.90 Å². The highest BCUT2D eigenvalue weighted by Crippen LogP contribution is 2.12. The van der Waals surface area contributed by atoms with Gasteiger partial charge in [-0.15, -0.1) is 0 Å². The van der Waals surface area contributed by atoms with Crippen LogP contribution in [-0.2, 0) is 16.1 Å². The Morgan fingerprint density at radius 1 is 1.35 bits per heavy atom. The molecule has 0 aromatic heterocycles. The van der Waals surface area contributed by atoms with Crippen LogP contribution in [-0.4, -0.2) is 24.5 Å². The molecule has 0 aliphatic carbocycles. The quantitative estimate of drug-likeness (QED) is 0.743. The van der Waals surface area contributed by atoms with E-state index in [9.17, 15) is 4.79 Å². The summed E-state index contributed by atoms with van der Waals surface area (Å²) in [5.41, 5.74) is 1.82. The lowest BCUT2D eigenvalue weighted by Gasteiger charge is -2.22. The Bertz CT molecular complexity index is 449. The number of nitrogens with zero attached hydrogens (tertiary/aromatic N) is 1. The first-order valence-corrected chi connectivity index (χ1v) is 5.54. The maximum absolute atomic E-state index is 11.4. The number of ether oxygens (including phenoxy) is 1. The van der Waals surface area contributed by atoms with Crippen LogP contribution in [0.4, 0.5) is 0 Å². The number of benzene rings is 1. The molecule has 1 aromatic carbocycles. The minimum Gasteiger partial charge on any atom is -0.465 e. The molecule has 0 unspecified atom stereocenters. The molecule has 0 spiro atoms. The van der Waals surface area contributed by atoms with E-state index in [2.05, 4.69) is 17.0 Å². The van der Waals surface area contributed by atoms with E-state index in [1.54, 1.807) is 6.08 Å². The van der Waals surface area contributed by atoms with Crippen LogP contribution in [0.3, 0.4) is 0 Å². The number of rotatable bonds is 3. The third-order valence-corrected chi connectivity index (χ3v) is 2.61. The van der Waals surface area contributed by atoms with Crippen molar-refractivity contribution in [1.29, 1.82) is 0 Å². The highest BCUT2D eigenvalue weighted by atomic mass is 16.5. The van der Waals surface area contributed by atoms with Gasteiger partial charge in [-0.25, -0.2) is 4.79 Å². The van der Waals surface area contributed by atoms with Gasteiger partial charge in [0.2, 0.25) is 0 Å². The molecule has 0 N–H and O–H groups in total. The fourth-order valence-electron chi connectivity index (χ4n) is 1.77. The minimum absolute atomic E-state index is 0.293. The number of carbonyl (C=O) groups excluding carboxylic acids is 1. The summed E-state index contributed by atoms with van der Waals surface area (Å²) in [4.78, 5) is 13.5. The first-order chi connectivity index (χ1) is 8.29. The zero-order valence-electron chi connectivity index (χ0n) is 9.80. The molecule has 2 rings (SSSR count). The maximum atomic E-state index is 11.4. The largest absolute Gasteiger partial charge is 0.465 e. The molecule has 0 bridgehead atoms. The van der Waals surface area contributed by atoms with Crippen molar-refractivity contribution < 1.29 is 9.53 Å². The van der Waals surface area contributed by atoms with Gasteiger partial charge in [-0.2, -0.15) is 0 Å². The second kappa shape index (κ2) is 5.34. The Kier molecular flexibility index (Phi) is 3.60. The average Bonchev–Trinajstić information content (AvgIpc) is 2.39. The second-order valence-corrected chi connectivity index (χ2v) is 3.89. The zero-order valence-corrected chi connectivity index (χ0v) is 9.80. The molecule has 88 valence electrons. The van der Waals surface area contributed by atoms with Gasteiger partial charge in [0.25, 0.3) is 0 Å². The summed E-state index contributed by atoms with van der Waals surface area (Å²) in [5.74, 6) is -0.293. The van der Waals surface area contributed by atoms with Crippen LogP contribution in [0.25, 0.3) is 0 Å². The van der Waals surface area contributed by atoms with Gasteiger partial charge in [0.15, 0.2) is 0 Å². The molecule has 1 heterocycles. The molecule has 3 nitrogen and oxygen atoms in total. The smallest absolute Gasteiger partial charge is 0.339 e. The summed E-state index contributed by atoms with van der Waals surface area (Å²) in [5, 5.41) is 0. The van der Waals surface area contributed by atoms with Gasteiger partial charge in [-0.1, -0.05) is 36.4 Å². The lowest BCUT2D eigenvalue weighted by Crippen LogP contribution is -2.22. The molecule has 0 atom stereocenters. The molecule has 17 heavy (non-hydrogen) atoms. The summed E-state index contributed by atoms with van der Waals surface area (Å²) in [7, 11) is 1.40. The van der Waals surface area contributed by atoms with Crippen LogP contribution in [0, 0.1) is 0 Å². The third-order valence-electron chi connectivity index (χ3n) is 2.61. The van der Waals surface area contributed by atoms with E-state index in [4.69, 9.17) is 4.74 Å². The van der Waals surface area contributed by atoms with Crippen molar-refractivity contribution in [3.8, 4) is 0 Å². The van der Waals surface area contributed by atoms with E-state index >= 15 is 0 Å². The molecule has 0 amide bonds. The number of hydrogen-bond acceptors (Lipinski definition) is 3. The fourth-order valence-corrected chi connectivity index (χ4v) is 1.77.